The number of carbonyl (C=O) groups excluding carboxylic acids is 1. The van der Waals surface area contributed by atoms with Crippen LogP contribution in [-0.2, 0) is 5.41 Å². The molecule has 0 bridgehead atoms. The summed E-state index contributed by atoms with van der Waals surface area (Å²) in [4.78, 5) is 16.8. The van der Waals surface area contributed by atoms with E-state index in [0.717, 1.165) is 18.5 Å². The van der Waals surface area contributed by atoms with Crippen LogP contribution >= 0.6 is 0 Å². The molecule has 1 aliphatic carbocycles. The van der Waals surface area contributed by atoms with Gasteiger partial charge in [-0.1, -0.05) is 37.1 Å². The van der Waals surface area contributed by atoms with Gasteiger partial charge in [0.05, 0.1) is 0 Å². The molecule has 3 rings (SSSR count). The quantitative estimate of drug-likeness (QED) is 0.933. The number of hydrogen-bond donors (Lipinski definition) is 1. The van der Waals surface area contributed by atoms with Crippen molar-refractivity contribution in [2.24, 2.45) is 0 Å². The first-order chi connectivity index (χ1) is 10.3. The van der Waals surface area contributed by atoms with Gasteiger partial charge in [-0.15, -0.1) is 0 Å². The van der Waals surface area contributed by atoms with Crippen LogP contribution in [-0.4, -0.2) is 17.4 Å². The monoisotopic (exact) mass is 280 g/mol. The second kappa shape index (κ2) is 6.08. The van der Waals surface area contributed by atoms with Crippen molar-refractivity contribution in [1.29, 1.82) is 0 Å². The van der Waals surface area contributed by atoms with Crippen LogP contribution < -0.4 is 5.32 Å². The van der Waals surface area contributed by atoms with Crippen molar-refractivity contribution in [2.75, 3.05) is 6.54 Å². The molecule has 0 atom stereocenters. The lowest BCUT2D eigenvalue weighted by Gasteiger charge is -2.28. The zero-order chi connectivity index (χ0) is 14.5. The fourth-order valence-electron chi connectivity index (χ4n) is 3.19. The predicted molar refractivity (Wildman–Crippen MR) is 83.2 cm³/mol. The number of rotatable bonds is 4. The average Bonchev–Trinajstić information content (AvgIpc) is 3.04. The molecule has 1 amide bonds. The van der Waals surface area contributed by atoms with Gasteiger partial charge in [-0.25, -0.2) is 0 Å². The van der Waals surface area contributed by atoms with E-state index < -0.39 is 0 Å². The van der Waals surface area contributed by atoms with Crippen molar-refractivity contribution in [3.8, 4) is 0 Å². The minimum absolute atomic E-state index is 0.00203. The minimum Gasteiger partial charge on any atom is -0.351 e. The second-order valence-corrected chi connectivity index (χ2v) is 5.75. The van der Waals surface area contributed by atoms with Gasteiger partial charge in [-0.05, 0) is 37.1 Å². The van der Waals surface area contributed by atoms with Crippen LogP contribution in [0, 0.1) is 0 Å². The summed E-state index contributed by atoms with van der Waals surface area (Å²) in [6.07, 6.45) is 6.45. The van der Waals surface area contributed by atoms with Crippen molar-refractivity contribution in [2.45, 2.75) is 31.1 Å². The highest BCUT2D eigenvalue weighted by atomic mass is 16.1. The fraction of sp³-hybridized carbons (Fsp3) is 0.333. The molecule has 3 nitrogen and oxygen atoms in total. The number of nitrogens with zero attached hydrogens (tertiary/aromatic N) is 1. The normalized spacial score (nSPS) is 16.6. The fourth-order valence-corrected chi connectivity index (χ4v) is 3.19. The van der Waals surface area contributed by atoms with Gasteiger partial charge >= 0.3 is 0 Å². The van der Waals surface area contributed by atoms with E-state index in [9.17, 15) is 4.79 Å². The maximum atomic E-state index is 12.2. The third kappa shape index (κ3) is 2.97. The molecule has 1 fully saturated rings. The molecular formula is C18H20N2O. The van der Waals surface area contributed by atoms with Gasteiger partial charge in [0.1, 0.15) is 0 Å². The van der Waals surface area contributed by atoms with E-state index in [2.05, 4.69) is 16.4 Å². The maximum absolute atomic E-state index is 12.2. The van der Waals surface area contributed by atoms with Crippen LogP contribution in [0.15, 0.2) is 54.7 Å². The Hall–Kier alpha value is -2.16. The van der Waals surface area contributed by atoms with E-state index in [1.54, 1.807) is 0 Å². The van der Waals surface area contributed by atoms with Crippen molar-refractivity contribution in [1.82, 2.24) is 10.3 Å². The largest absolute Gasteiger partial charge is 0.351 e. The van der Waals surface area contributed by atoms with Gasteiger partial charge in [0.25, 0.3) is 5.91 Å². The molecule has 0 aliphatic heterocycles. The Morgan fingerprint density at radius 2 is 1.76 bits per heavy atom. The molecule has 1 saturated carbocycles. The van der Waals surface area contributed by atoms with Crippen molar-refractivity contribution < 1.29 is 4.79 Å². The Kier molecular flexibility index (Phi) is 4.00. The van der Waals surface area contributed by atoms with Crippen LogP contribution in [0.25, 0.3) is 0 Å². The lowest BCUT2D eigenvalue weighted by molar-refractivity contribution is 0.0942. The highest BCUT2D eigenvalue weighted by Gasteiger charge is 2.37. The number of nitrogens with one attached hydrogen (secondary N) is 1. The number of amides is 1. The van der Waals surface area contributed by atoms with Gasteiger partial charge in [0.15, 0.2) is 0 Å². The lowest BCUT2D eigenvalue weighted by atomic mass is 9.82. The van der Waals surface area contributed by atoms with Crippen LogP contribution in [0.5, 0.6) is 0 Å². The van der Waals surface area contributed by atoms with E-state index in [-0.39, 0.29) is 11.3 Å². The average molecular weight is 280 g/mol. The summed E-state index contributed by atoms with van der Waals surface area (Å²) in [5.41, 5.74) is 1.83. The van der Waals surface area contributed by atoms with Gasteiger partial charge < -0.3 is 5.32 Å². The number of benzene rings is 1. The van der Waals surface area contributed by atoms with Crippen molar-refractivity contribution in [3.05, 3.63) is 66.0 Å². The van der Waals surface area contributed by atoms with E-state index >= 15 is 0 Å². The molecule has 0 radical (unpaired) electrons. The van der Waals surface area contributed by atoms with Crippen molar-refractivity contribution in [3.63, 3.8) is 0 Å². The van der Waals surface area contributed by atoms with Crippen LogP contribution in [0.4, 0.5) is 0 Å². The number of hydrogen-bond acceptors (Lipinski definition) is 2. The third-order valence-electron chi connectivity index (χ3n) is 4.39. The molecule has 2 aromatic rings. The summed E-state index contributed by atoms with van der Waals surface area (Å²) in [5, 5.41) is 3.10. The summed E-state index contributed by atoms with van der Waals surface area (Å²) in [5.74, 6) is -0.00203. The summed E-state index contributed by atoms with van der Waals surface area (Å²) >= 11 is 0. The highest BCUT2D eigenvalue weighted by Crippen LogP contribution is 2.39. The summed E-state index contributed by atoms with van der Waals surface area (Å²) in [6, 6.07) is 15.4. The third-order valence-corrected chi connectivity index (χ3v) is 4.39. The molecular weight excluding hydrogens is 260 g/mol. The standard InChI is InChI=1S/C18H20N2O/c21-17(15-8-2-1-3-9-15)20-14-18(11-5-6-12-18)16-10-4-7-13-19-16/h1-4,7-10,13H,5-6,11-12,14H2,(H,20,21). The van der Waals surface area contributed by atoms with Gasteiger partial charge in [0.2, 0.25) is 0 Å². The second-order valence-electron chi connectivity index (χ2n) is 5.75. The molecule has 21 heavy (non-hydrogen) atoms. The molecule has 1 aliphatic rings. The Balaban J connectivity index is 1.74. The van der Waals surface area contributed by atoms with Gasteiger partial charge in [0, 0.05) is 29.4 Å². The molecule has 1 aromatic carbocycles. The summed E-state index contributed by atoms with van der Waals surface area (Å²) < 4.78 is 0. The molecule has 1 aromatic heterocycles. The van der Waals surface area contributed by atoms with Crippen LogP contribution in [0.2, 0.25) is 0 Å². The van der Waals surface area contributed by atoms with Crippen LogP contribution in [0.3, 0.4) is 0 Å². The van der Waals surface area contributed by atoms with Crippen LogP contribution in [0.1, 0.15) is 41.7 Å². The number of pyridine rings is 1. The molecule has 3 heteroatoms. The first-order valence-electron chi connectivity index (χ1n) is 7.55. The van der Waals surface area contributed by atoms with Gasteiger partial charge in [-0.3, -0.25) is 9.78 Å². The summed E-state index contributed by atoms with van der Waals surface area (Å²) in [7, 11) is 0. The van der Waals surface area contributed by atoms with E-state index in [1.165, 1.54) is 12.8 Å². The Bertz CT molecular complexity index is 589. The van der Waals surface area contributed by atoms with Crippen molar-refractivity contribution >= 4 is 5.91 Å². The predicted octanol–water partition coefficient (Wildman–Crippen LogP) is 3.32. The van der Waals surface area contributed by atoms with Gasteiger partial charge in [-0.2, -0.15) is 0 Å². The first-order valence-corrected chi connectivity index (χ1v) is 7.55. The first kappa shape index (κ1) is 13.8. The number of aromatic nitrogens is 1. The summed E-state index contributed by atoms with van der Waals surface area (Å²) in [6.45, 7) is 0.664. The molecule has 0 saturated heterocycles. The molecule has 108 valence electrons. The smallest absolute Gasteiger partial charge is 0.251 e. The zero-order valence-electron chi connectivity index (χ0n) is 12.1. The van der Waals surface area contributed by atoms with E-state index in [1.807, 2.05) is 48.7 Å². The SMILES string of the molecule is O=C(NCC1(c2ccccn2)CCCC1)c1ccccc1. The van der Waals surface area contributed by atoms with E-state index in [0.29, 0.717) is 12.1 Å². The Labute approximate surface area is 125 Å². The molecule has 0 spiro atoms. The highest BCUT2D eigenvalue weighted by molar-refractivity contribution is 5.94. The number of carbonyl (C=O) groups is 1. The molecule has 0 unspecified atom stereocenters. The maximum Gasteiger partial charge on any atom is 0.251 e. The lowest BCUT2D eigenvalue weighted by Crippen LogP contribution is -2.39. The Morgan fingerprint density at radius 1 is 1.05 bits per heavy atom. The molecule has 1 heterocycles. The minimum atomic E-state index is -0.00203. The molecule has 1 N–H and O–H groups in total. The van der Waals surface area contributed by atoms with E-state index in [4.69, 9.17) is 0 Å². The topological polar surface area (TPSA) is 42.0 Å². The zero-order valence-corrected chi connectivity index (χ0v) is 12.1. The Morgan fingerprint density at radius 3 is 2.43 bits per heavy atom.